The van der Waals surface area contributed by atoms with E-state index in [0.717, 1.165) is 0 Å². The van der Waals surface area contributed by atoms with Crippen molar-refractivity contribution < 1.29 is 26.7 Å². The maximum absolute atomic E-state index is 13.1. The first-order valence-corrected chi connectivity index (χ1v) is 4.79. The maximum Gasteiger partial charge on any atom is 0.206 e. The summed E-state index contributed by atoms with van der Waals surface area (Å²) in [6, 6.07) is 0. The molecule has 0 atom stereocenters. The normalized spacial score (nSPS) is 10.7. The zero-order valence-electron chi connectivity index (χ0n) is 8.92. The Hall–Kier alpha value is -1.37. The highest BCUT2D eigenvalue weighted by Crippen LogP contribution is 2.28. The van der Waals surface area contributed by atoms with Crippen LogP contribution in [0.2, 0.25) is 0 Å². The molecule has 0 saturated heterocycles. The molecule has 0 bridgehead atoms. The molecule has 1 aromatic carbocycles. The minimum Gasteiger partial charge on any atom is -0.487 e. The van der Waals surface area contributed by atoms with E-state index < -0.39 is 34.8 Å². The lowest BCUT2D eigenvalue weighted by atomic mass is 10.2. The highest BCUT2D eigenvalue weighted by Gasteiger charge is 2.26. The molecule has 0 aliphatic heterocycles. The van der Waals surface area contributed by atoms with Crippen LogP contribution in [0.15, 0.2) is 0 Å². The van der Waals surface area contributed by atoms with E-state index >= 15 is 0 Å². The van der Waals surface area contributed by atoms with Gasteiger partial charge >= 0.3 is 0 Å². The van der Waals surface area contributed by atoms with E-state index in [2.05, 4.69) is 10.1 Å². The number of hydrogen-bond acceptors (Lipinski definition) is 2. The molecule has 17 heavy (non-hydrogen) atoms. The van der Waals surface area contributed by atoms with Crippen molar-refractivity contribution in [3.05, 3.63) is 29.1 Å². The number of benzene rings is 1. The van der Waals surface area contributed by atoms with E-state index in [4.69, 9.17) is 0 Å². The van der Waals surface area contributed by atoms with Gasteiger partial charge in [0, 0.05) is 0 Å². The summed E-state index contributed by atoms with van der Waals surface area (Å²) in [7, 11) is 1.65. The topological polar surface area (TPSA) is 21.3 Å². The standard InChI is InChI=1S/C10H10F5NO/c1-16-3-2-4-17-10-8(14)6(12)5(11)7(13)9(10)15/h16H,2-4H2,1H3. The third-order valence-corrected chi connectivity index (χ3v) is 1.99. The summed E-state index contributed by atoms with van der Waals surface area (Å²) in [5.41, 5.74) is 0. The predicted molar refractivity (Wildman–Crippen MR) is 50.3 cm³/mol. The molecule has 0 aromatic heterocycles. The SMILES string of the molecule is CNCCCOc1c(F)c(F)c(F)c(F)c1F. The molecule has 0 spiro atoms. The van der Waals surface area contributed by atoms with Gasteiger partial charge < -0.3 is 10.1 Å². The van der Waals surface area contributed by atoms with Crippen molar-refractivity contribution in [1.82, 2.24) is 5.32 Å². The van der Waals surface area contributed by atoms with Crippen LogP contribution in [0.25, 0.3) is 0 Å². The van der Waals surface area contributed by atoms with Crippen LogP contribution in [0.1, 0.15) is 6.42 Å². The zero-order chi connectivity index (χ0) is 13.0. The molecule has 0 unspecified atom stereocenters. The molecule has 0 aliphatic carbocycles. The Balaban J connectivity index is 2.92. The Labute approximate surface area is 94.4 Å². The molecular formula is C10H10F5NO. The number of rotatable bonds is 5. The molecule has 1 rings (SSSR count). The van der Waals surface area contributed by atoms with Gasteiger partial charge in [-0.05, 0) is 20.0 Å². The number of hydrogen-bond donors (Lipinski definition) is 1. The van der Waals surface area contributed by atoms with Crippen LogP contribution in [-0.4, -0.2) is 20.2 Å². The van der Waals surface area contributed by atoms with Gasteiger partial charge in [-0.1, -0.05) is 0 Å². The van der Waals surface area contributed by atoms with Crippen LogP contribution in [0.4, 0.5) is 22.0 Å². The minimum atomic E-state index is -2.19. The van der Waals surface area contributed by atoms with E-state index in [1.807, 2.05) is 0 Å². The van der Waals surface area contributed by atoms with Crippen LogP contribution in [0.3, 0.4) is 0 Å². The van der Waals surface area contributed by atoms with Crippen LogP contribution in [0.5, 0.6) is 5.75 Å². The summed E-state index contributed by atoms with van der Waals surface area (Å²) in [5, 5.41) is 2.74. The van der Waals surface area contributed by atoms with Crippen LogP contribution >= 0.6 is 0 Å². The highest BCUT2D eigenvalue weighted by molar-refractivity contribution is 5.29. The summed E-state index contributed by atoms with van der Waals surface area (Å²) in [6.45, 7) is 0.342. The first-order valence-electron chi connectivity index (χ1n) is 4.79. The Kier molecular flexibility index (Phi) is 4.68. The second-order valence-corrected chi connectivity index (χ2v) is 3.20. The van der Waals surface area contributed by atoms with Crippen molar-refractivity contribution in [3.63, 3.8) is 0 Å². The van der Waals surface area contributed by atoms with E-state index in [1.165, 1.54) is 0 Å². The molecule has 1 N–H and O–H groups in total. The van der Waals surface area contributed by atoms with Crippen molar-refractivity contribution in [2.24, 2.45) is 0 Å². The molecule has 0 amide bonds. The molecular weight excluding hydrogens is 245 g/mol. The molecule has 0 aliphatic rings. The molecule has 0 radical (unpaired) electrons. The van der Waals surface area contributed by atoms with E-state index in [9.17, 15) is 22.0 Å². The van der Waals surface area contributed by atoms with Crippen molar-refractivity contribution in [2.45, 2.75) is 6.42 Å². The van der Waals surface area contributed by atoms with Gasteiger partial charge in [-0.2, -0.15) is 8.78 Å². The van der Waals surface area contributed by atoms with Crippen LogP contribution < -0.4 is 10.1 Å². The summed E-state index contributed by atoms with van der Waals surface area (Å²) < 4.78 is 68.7. The number of nitrogens with one attached hydrogen (secondary N) is 1. The number of halogens is 5. The monoisotopic (exact) mass is 255 g/mol. The summed E-state index contributed by atoms with van der Waals surface area (Å²) in [4.78, 5) is 0. The van der Waals surface area contributed by atoms with Gasteiger partial charge in [-0.25, -0.2) is 13.2 Å². The fraction of sp³-hybridized carbons (Fsp3) is 0.400. The summed E-state index contributed by atoms with van der Waals surface area (Å²) >= 11 is 0. The fourth-order valence-corrected chi connectivity index (χ4v) is 1.13. The highest BCUT2D eigenvalue weighted by atomic mass is 19.2. The van der Waals surface area contributed by atoms with Gasteiger partial charge in [-0.3, -0.25) is 0 Å². The molecule has 1 aromatic rings. The third kappa shape index (κ3) is 2.85. The third-order valence-electron chi connectivity index (χ3n) is 1.99. The fourth-order valence-electron chi connectivity index (χ4n) is 1.13. The van der Waals surface area contributed by atoms with E-state index in [-0.39, 0.29) is 6.61 Å². The van der Waals surface area contributed by atoms with Gasteiger partial charge in [-0.15, -0.1) is 0 Å². The summed E-state index contributed by atoms with van der Waals surface area (Å²) in [5.74, 6) is -11.4. The van der Waals surface area contributed by atoms with Gasteiger partial charge in [0.15, 0.2) is 5.75 Å². The lowest BCUT2D eigenvalue weighted by molar-refractivity contribution is 0.258. The Morgan fingerprint density at radius 3 is 1.82 bits per heavy atom. The molecule has 0 saturated carbocycles. The first-order chi connectivity index (χ1) is 8.00. The zero-order valence-corrected chi connectivity index (χ0v) is 8.92. The van der Waals surface area contributed by atoms with Crippen molar-refractivity contribution >= 4 is 0 Å². The quantitative estimate of drug-likeness (QED) is 0.377. The van der Waals surface area contributed by atoms with E-state index in [1.54, 1.807) is 7.05 Å². The molecule has 7 heteroatoms. The maximum atomic E-state index is 13.1. The average molecular weight is 255 g/mol. The molecule has 0 fully saturated rings. The molecule has 96 valence electrons. The Morgan fingerprint density at radius 2 is 1.35 bits per heavy atom. The van der Waals surface area contributed by atoms with E-state index in [0.29, 0.717) is 13.0 Å². The lowest BCUT2D eigenvalue weighted by Crippen LogP contribution is -2.13. The predicted octanol–water partition coefficient (Wildman–Crippen LogP) is 2.37. The van der Waals surface area contributed by atoms with Crippen LogP contribution in [-0.2, 0) is 0 Å². The number of ether oxygens (including phenoxy) is 1. The lowest BCUT2D eigenvalue weighted by Gasteiger charge is -2.09. The molecule has 2 nitrogen and oxygen atoms in total. The second-order valence-electron chi connectivity index (χ2n) is 3.20. The first kappa shape index (κ1) is 13.7. The van der Waals surface area contributed by atoms with Crippen molar-refractivity contribution in [3.8, 4) is 5.75 Å². The van der Waals surface area contributed by atoms with Crippen molar-refractivity contribution in [2.75, 3.05) is 20.2 Å². The van der Waals surface area contributed by atoms with Crippen molar-refractivity contribution in [1.29, 1.82) is 0 Å². The van der Waals surface area contributed by atoms with Gasteiger partial charge in [0.25, 0.3) is 0 Å². The average Bonchev–Trinajstić information content (AvgIpc) is 2.33. The van der Waals surface area contributed by atoms with Crippen LogP contribution in [0, 0.1) is 29.1 Å². The smallest absolute Gasteiger partial charge is 0.206 e. The summed E-state index contributed by atoms with van der Waals surface area (Å²) in [6.07, 6.45) is 0.371. The second kappa shape index (κ2) is 5.81. The van der Waals surface area contributed by atoms with Gasteiger partial charge in [0.2, 0.25) is 29.1 Å². The Morgan fingerprint density at radius 1 is 0.882 bits per heavy atom. The minimum absolute atomic E-state index is 0.154. The van der Waals surface area contributed by atoms with Gasteiger partial charge in [0.1, 0.15) is 0 Å². The Bertz CT molecular complexity index is 381. The molecule has 0 heterocycles. The largest absolute Gasteiger partial charge is 0.487 e. The van der Waals surface area contributed by atoms with Gasteiger partial charge in [0.05, 0.1) is 6.61 Å².